The molecular weight excluding hydrogens is 234 g/mol. The van der Waals surface area contributed by atoms with Crippen molar-refractivity contribution in [1.29, 1.82) is 5.26 Å². The highest BCUT2D eigenvalue weighted by Gasteiger charge is 2.24. The molecule has 0 aliphatic rings. The monoisotopic (exact) mass is 243 g/mol. The van der Waals surface area contributed by atoms with Crippen molar-refractivity contribution in [1.82, 2.24) is 0 Å². The Hall–Kier alpha value is -0.330. The number of aryl methyl sites for hydroxylation is 1. The zero-order chi connectivity index (χ0) is 9.35. The van der Waals surface area contributed by atoms with Crippen LogP contribution in [0.5, 0.6) is 0 Å². The molecule has 64 valence electrons. The molecule has 0 saturated carbocycles. The Bertz CT molecular complexity index is 333. The summed E-state index contributed by atoms with van der Waals surface area (Å²) in [6.07, 6.45) is 0. The number of hydrogen-bond acceptors (Lipinski definition) is 2. The molecule has 12 heavy (non-hydrogen) atoms. The summed E-state index contributed by atoms with van der Waals surface area (Å²) < 4.78 is 1.05. The van der Waals surface area contributed by atoms with Gasteiger partial charge >= 0.3 is 0 Å². The van der Waals surface area contributed by atoms with Gasteiger partial charge in [0.1, 0.15) is 0 Å². The third-order valence-electron chi connectivity index (χ3n) is 1.66. The van der Waals surface area contributed by atoms with Gasteiger partial charge in [0.15, 0.2) is 0 Å². The SMILES string of the molecule is Cc1cc(Br)c(C(C)(C)C#N)s1. The summed E-state index contributed by atoms with van der Waals surface area (Å²) in [5.41, 5.74) is -0.377. The molecule has 0 N–H and O–H groups in total. The van der Waals surface area contributed by atoms with Crippen molar-refractivity contribution >= 4 is 27.3 Å². The van der Waals surface area contributed by atoms with Crippen LogP contribution in [0.2, 0.25) is 0 Å². The molecule has 1 nitrogen and oxygen atoms in total. The van der Waals surface area contributed by atoms with Crippen LogP contribution < -0.4 is 0 Å². The summed E-state index contributed by atoms with van der Waals surface area (Å²) in [6, 6.07) is 4.35. The molecule has 0 atom stereocenters. The fourth-order valence-electron chi connectivity index (χ4n) is 0.960. The Morgan fingerprint density at radius 3 is 2.50 bits per heavy atom. The number of thiophene rings is 1. The van der Waals surface area contributed by atoms with Crippen LogP contribution in [0.25, 0.3) is 0 Å². The smallest absolute Gasteiger partial charge is 0.0870 e. The normalized spacial score (nSPS) is 11.2. The predicted octanol–water partition coefficient (Wildman–Crippen LogP) is 3.62. The maximum Gasteiger partial charge on any atom is 0.0870 e. The van der Waals surface area contributed by atoms with E-state index in [0.717, 1.165) is 9.35 Å². The Labute approximate surface area is 85.2 Å². The third kappa shape index (κ3) is 1.70. The highest BCUT2D eigenvalue weighted by atomic mass is 79.9. The van der Waals surface area contributed by atoms with Crippen molar-refractivity contribution in [3.8, 4) is 6.07 Å². The maximum atomic E-state index is 8.92. The number of nitrogens with zero attached hydrogens (tertiary/aromatic N) is 1. The van der Waals surface area contributed by atoms with Crippen LogP contribution in [0.1, 0.15) is 23.6 Å². The van der Waals surface area contributed by atoms with Crippen LogP contribution in [-0.4, -0.2) is 0 Å². The van der Waals surface area contributed by atoms with Crippen molar-refractivity contribution in [2.24, 2.45) is 0 Å². The maximum absolute atomic E-state index is 8.92. The molecule has 0 amide bonds. The van der Waals surface area contributed by atoms with Crippen molar-refractivity contribution in [2.75, 3.05) is 0 Å². The van der Waals surface area contributed by atoms with Gasteiger partial charge in [-0.3, -0.25) is 0 Å². The van der Waals surface area contributed by atoms with E-state index in [9.17, 15) is 0 Å². The summed E-state index contributed by atoms with van der Waals surface area (Å²) in [4.78, 5) is 2.35. The first kappa shape index (κ1) is 9.76. The Balaban J connectivity index is 3.21. The van der Waals surface area contributed by atoms with E-state index in [0.29, 0.717) is 0 Å². The number of rotatable bonds is 1. The Kier molecular flexibility index (Phi) is 2.60. The molecule has 0 fully saturated rings. The molecule has 0 saturated heterocycles. The van der Waals surface area contributed by atoms with E-state index in [1.54, 1.807) is 11.3 Å². The number of halogens is 1. The molecule has 3 heteroatoms. The minimum Gasteiger partial charge on any atom is -0.197 e. The van der Waals surface area contributed by atoms with E-state index in [1.807, 2.05) is 20.8 Å². The molecule has 0 aliphatic heterocycles. The zero-order valence-corrected chi connectivity index (χ0v) is 9.71. The lowest BCUT2D eigenvalue weighted by molar-refractivity contribution is 0.700. The minimum atomic E-state index is -0.377. The molecule has 0 unspecified atom stereocenters. The average Bonchev–Trinajstić information content (AvgIpc) is 2.31. The lowest BCUT2D eigenvalue weighted by atomic mass is 9.94. The highest BCUT2D eigenvalue weighted by molar-refractivity contribution is 9.10. The number of hydrogen-bond donors (Lipinski definition) is 0. The van der Waals surface area contributed by atoms with Gasteiger partial charge in [-0.1, -0.05) is 0 Å². The second kappa shape index (κ2) is 3.20. The van der Waals surface area contributed by atoms with Crippen molar-refractivity contribution in [3.05, 3.63) is 20.3 Å². The second-order valence-electron chi connectivity index (χ2n) is 3.27. The van der Waals surface area contributed by atoms with Crippen molar-refractivity contribution in [2.45, 2.75) is 26.2 Å². The van der Waals surface area contributed by atoms with E-state index in [-0.39, 0.29) is 5.41 Å². The highest BCUT2D eigenvalue weighted by Crippen LogP contribution is 2.36. The van der Waals surface area contributed by atoms with Gasteiger partial charge in [-0.15, -0.1) is 11.3 Å². The molecule has 0 bridgehead atoms. The molecule has 0 aromatic carbocycles. The van der Waals surface area contributed by atoms with Crippen LogP contribution in [0.3, 0.4) is 0 Å². The first-order valence-electron chi connectivity index (χ1n) is 3.65. The number of nitriles is 1. The van der Waals surface area contributed by atoms with E-state index in [1.165, 1.54) is 4.88 Å². The minimum absolute atomic E-state index is 0.377. The summed E-state index contributed by atoms with van der Waals surface area (Å²) >= 11 is 5.13. The fourth-order valence-corrected chi connectivity index (χ4v) is 3.15. The van der Waals surface area contributed by atoms with E-state index in [2.05, 4.69) is 28.1 Å². The van der Waals surface area contributed by atoms with Gasteiger partial charge in [0.2, 0.25) is 0 Å². The van der Waals surface area contributed by atoms with Crippen LogP contribution in [-0.2, 0) is 5.41 Å². The van der Waals surface area contributed by atoms with E-state index < -0.39 is 0 Å². The van der Waals surface area contributed by atoms with Crippen LogP contribution in [0, 0.1) is 18.3 Å². The standard InChI is InChI=1S/C9H10BrNS/c1-6-4-7(10)8(12-6)9(2,3)5-11/h4H,1-3H3. The fraction of sp³-hybridized carbons (Fsp3) is 0.444. The van der Waals surface area contributed by atoms with Crippen molar-refractivity contribution in [3.63, 3.8) is 0 Å². The van der Waals surface area contributed by atoms with Crippen LogP contribution in [0.4, 0.5) is 0 Å². The predicted molar refractivity (Wildman–Crippen MR) is 55.4 cm³/mol. The molecular formula is C9H10BrNS. The Morgan fingerprint density at radius 1 is 1.58 bits per heavy atom. The summed E-state index contributed by atoms with van der Waals surface area (Å²) in [5.74, 6) is 0. The topological polar surface area (TPSA) is 23.8 Å². The quantitative estimate of drug-likeness (QED) is 0.740. The summed E-state index contributed by atoms with van der Waals surface area (Å²) in [6.45, 7) is 5.92. The van der Waals surface area contributed by atoms with E-state index in [4.69, 9.17) is 5.26 Å². The van der Waals surface area contributed by atoms with Gasteiger partial charge in [-0.25, -0.2) is 0 Å². The van der Waals surface area contributed by atoms with Gasteiger partial charge in [0.05, 0.1) is 11.5 Å². The molecule has 1 aromatic heterocycles. The van der Waals surface area contributed by atoms with Crippen molar-refractivity contribution < 1.29 is 0 Å². The molecule has 0 radical (unpaired) electrons. The van der Waals surface area contributed by atoms with Crippen LogP contribution >= 0.6 is 27.3 Å². The zero-order valence-electron chi connectivity index (χ0n) is 7.31. The summed E-state index contributed by atoms with van der Waals surface area (Å²) in [5, 5.41) is 8.92. The third-order valence-corrected chi connectivity index (χ3v) is 3.92. The molecule has 1 heterocycles. The van der Waals surface area contributed by atoms with Gasteiger partial charge in [-0.05, 0) is 42.8 Å². The molecule has 0 spiro atoms. The lowest BCUT2D eigenvalue weighted by Gasteiger charge is -2.12. The lowest BCUT2D eigenvalue weighted by Crippen LogP contribution is -2.11. The molecule has 1 rings (SSSR count). The van der Waals surface area contributed by atoms with Gasteiger partial charge < -0.3 is 0 Å². The molecule has 1 aromatic rings. The largest absolute Gasteiger partial charge is 0.197 e. The first-order chi connectivity index (χ1) is 5.47. The summed E-state index contributed by atoms with van der Waals surface area (Å²) in [7, 11) is 0. The van der Waals surface area contributed by atoms with Gasteiger partial charge in [0, 0.05) is 14.2 Å². The van der Waals surface area contributed by atoms with E-state index >= 15 is 0 Å². The Morgan fingerprint density at radius 2 is 2.17 bits per heavy atom. The van der Waals surface area contributed by atoms with Gasteiger partial charge in [-0.2, -0.15) is 5.26 Å². The molecule has 0 aliphatic carbocycles. The first-order valence-corrected chi connectivity index (χ1v) is 5.26. The second-order valence-corrected chi connectivity index (χ2v) is 5.38. The van der Waals surface area contributed by atoms with Gasteiger partial charge in [0.25, 0.3) is 0 Å². The van der Waals surface area contributed by atoms with Crippen LogP contribution in [0.15, 0.2) is 10.5 Å². The average molecular weight is 244 g/mol.